The van der Waals surface area contributed by atoms with Crippen LogP contribution in [0.5, 0.6) is 0 Å². The van der Waals surface area contributed by atoms with E-state index in [1.807, 2.05) is 25.3 Å². The zero-order valence-electron chi connectivity index (χ0n) is 21.4. The third-order valence-corrected chi connectivity index (χ3v) is 7.41. The molecular weight excluding hydrogens is 448 g/mol. The molecule has 1 amide bonds. The van der Waals surface area contributed by atoms with Crippen molar-refractivity contribution < 1.29 is 9.53 Å². The first-order valence-corrected chi connectivity index (χ1v) is 13.0. The van der Waals surface area contributed by atoms with Crippen molar-refractivity contribution in [3.63, 3.8) is 0 Å². The lowest BCUT2D eigenvalue weighted by Gasteiger charge is -2.32. The standard InChI is InChI=1S/C30H36N4O2/c1-22-6-9-25(10-7-22)27-4-3-5-28(23(27)2)30(35)32-26-12-14-33(15-13-26)21-24-8-11-29(31-20-24)34-16-18-36-19-17-34/h3-11,20,26H,12-19,21H2,1-2H3,(H,32,35). The van der Waals surface area contributed by atoms with E-state index >= 15 is 0 Å². The number of nitrogens with zero attached hydrogens (tertiary/aromatic N) is 3. The van der Waals surface area contributed by atoms with Crippen LogP contribution in [-0.2, 0) is 11.3 Å². The predicted octanol–water partition coefficient (Wildman–Crippen LogP) is 4.60. The minimum absolute atomic E-state index is 0.0304. The fourth-order valence-corrected chi connectivity index (χ4v) is 5.17. The highest BCUT2D eigenvalue weighted by molar-refractivity contribution is 5.97. The molecular formula is C30H36N4O2. The average molecular weight is 485 g/mol. The van der Waals surface area contributed by atoms with E-state index in [0.717, 1.165) is 86.9 Å². The van der Waals surface area contributed by atoms with E-state index in [9.17, 15) is 4.79 Å². The molecule has 2 saturated heterocycles. The number of hydrogen-bond donors (Lipinski definition) is 1. The van der Waals surface area contributed by atoms with Crippen LogP contribution < -0.4 is 10.2 Å². The lowest BCUT2D eigenvalue weighted by Crippen LogP contribution is -2.44. The van der Waals surface area contributed by atoms with E-state index in [0.29, 0.717) is 0 Å². The smallest absolute Gasteiger partial charge is 0.251 e. The minimum Gasteiger partial charge on any atom is -0.378 e. The van der Waals surface area contributed by atoms with Crippen LogP contribution in [0.25, 0.3) is 11.1 Å². The predicted molar refractivity (Wildman–Crippen MR) is 144 cm³/mol. The van der Waals surface area contributed by atoms with E-state index in [4.69, 9.17) is 4.74 Å². The van der Waals surface area contributed by atoms with Gasteiger partial charge in [-0.1, -0.05) is 48.0 Å². The number of carbonyl (C=O) groups is 1. The van der Waals surface area contributed by atoms with Gasteiger partial charge in [-0.3, -0.25) is 9.69 Å². The fraction of sp³-hybridized carbons (Fsp3) is 0.400. The number of likely N-dealkylation sites (tertiary alicyclic amines) is 1. The SMILES string of the molecule is Cc1ccc(-c2cccc(C(=O)NC3CCN(Cc4ccc(N5CCOCC5)nc4)CC3)c2C)cc1. The third kappa shape index (κ3) is 5.77. The van der Waals surface area contributed by atoms with Gasteiger partial charge in [0, 0.05) is 50.5 Å². The van der Waals surface area contributed by atoms with Crippen molar-refractivity contribution in [1.29, 1.82) is 0 Å². The molecule has 0 spiro atoms. The number of carbonyl (C=O) groups excluding carboxylic acids is 1. The summed E-state index contributed by atoms with van der Waals surface area (Å²) in [6.45, 7) is 10.3. The van der Waals surface area contributed by atoms with Crippen LogP contribution >= 0.6 is 0 Å². The molecule has 2 fully saturated rings. The van der Waals surface area contributed by atoms with Gasteiger partial charge < -0.3 is 15.0 Å². The van der Waals surface area contributed by atoms with Gasteiger partial charge in [0.15, 0.2) is 0 Å². The number of hydrogen-bond acceptors (Lipinski definition) is 5. The zero-order valence-corrected chi connectivity index (χ0v) is 21.4. The molecule has 3 heterocycles. The van der Waals surface area contributed by atoms with E-state index in [1.165, 1.54) is 11.1 Å². The van der Waals surface area contributed by atoms with Gasteiger partial charge in [0.05, 0.1) is 13.2 Å². The number of piperidine rings is 1. The molecule has 6 nitrogen and oxygen atoms in total. The number of morpholine rings is 1. The normalized spacial score (nSPS) is 17.2. The minimum atomic E-state index is 0.0304. The Kier molecular flexibility index (Phi) is 7.63. The summed E-state index contributed by atoms with van der Waals surface area (Å²) in [6, 6.07) is 19.0. The van der Waals surface area contributed by atoms with E-state index in [2.05, 4.69) is 69.5 Å². The first-order chi connectivity index (χ1) is 17.6. The van der Waals surface area contributed by atoms with Crippen molar-refractivity contribution in [2.24, 2.45) is 0 Å². The number of pyridine rings is 1. The van der Waals surface area contributed by atoms with Gasteiger partial charge in [-0.25, -0.2) is 4.98 Å². The molecule has 2 aliphatic heterocycles. The maximum Gasteiger partial charge on any atom is 0.251 e. The Balaban J connectivity index is 1.14. The van der Waals surface area contributed by atoms with Gasteiger partial charge >= 0.3 is 0 Å². The summed E-state index contributed by atoms with van der Waals surface area (Å²) >= 11 is 0. The van der Waals surface area contributed by atoms with E-state index < -0.39 is 0 Å². The molecule has 188 valence electrons. The molecule has 1 N–H and O–H groups in total. The van der Waals surface area contributed by atoms with Gasteiger partial charge in [0.25, 0.3) is 5.91 Å². The zero-order chi connectivity index (χ0) is 24.9. The van der Waals surface area contributed by atoms with Crippen LogP contribution in [0.1, 0.15) is 39.9 Å². The molecule has 0 atom stereocenters. The molecule has 36 heavy (non-hydrogen) atoms. The van der Waals surface area contributed by atoms with Crippen LogP contribution in [0.3, 0.4) is 0 Å². The number of ether oxygens (including phenoxy) is 1. The van der Waals surface area contributed by atoms with Crippen LogP contribution in [0, 0.1) is 13.8 Å². The Morgan fingerprint density at radius 1 is 0.972 bits per heavy atom. The van der Waals surface area contributed by atoms with Gasteiger partial charge in [-0.15, -0.1) is 0 Å². The topological polar surface area (TPSA) is 57.7 Å². The Bertz CT molecular complexity index is 1160. The largest absolute Gasteiger partial charge is 0.378 e. The Hall–Kier alpha value is -3.22. The maximum absolute atomic E-state index is 13.2. The van der Waals surface area contributed by atoms with Gasteiger partial charge in [0.1, 0.15) is 5.82 Å². The summed E-state index contributed by atoms with van der Waals surface area (Å²) < 4.78 is 5.43. The van der Waals surface area contributed by atoms with Crippen molar-refractivity contribution in [3.05, 3.63) is 83.0 Å². The Morgan fingerprint density at radius 3 is 2.42 bits per heavy atom. The second-order valence-electron chi connectivity index (χ2n) is 9.99. The third-order valence-electron chi connectivity index (χ3n) is 7.41. The number of nitrogens with one attached hydrogen (secondary N) is 1. The van der Waals surface area contributed by atoms with Crippen molar-refractivity contribution in [2.75, 3.05) is 44.3 Å². The Morgan fingerprint density at radius 2 is 1.72 bits per heavy atom. The molecule has 0 unspecified atom stereocenters. The highest BCUT2D eigenvalue weighted by Crippen LogP contribution is 2.26. The summed E-state index contributed by atoms with van der Waals surface area (Å²) in [4.78, 5) is 22.6. The summed E-state index contributed by atoms with van der Waals surface area (Å²) in [5, 5.41) is 3.30. The molecule has 3 aromatic rings. The molecule has 6 heteroatoms. The van der Waals surface area contributed by atoms with Crippen molar-refractivity contribution in [3.8, 4) is 11.1 Å². The maximum atomic E-state index is 13.2. The highest BCUT2D eigenvalue weighted by atomic mass is 16.5. The number of anilines is 1. The summed E-state index contributed by atoms with van der Waals surface area (Å²) in [7, 11) is 0. The molecule has 0 radical (unpaired) electrons. The lowest BCUT2D eigenvalue weighted by molar-refractivity contribution is 0.0908. The molecule has 5 rings (SSSR count). The number of aryl methyl sites for hydroxylation is 1. The first-order valence-electron chi connectivity index (χ1n) is 13.0. The second-order valence-corrected chi connectivity index (χ2v) is 9.99. The summed E-state index contributed by atoms with van der Waals surface area (Å²) in [6.07, 6.45) is 3.92. The number of aromatic nitrogens is 1. The highest BCUT2D eigenvalue weighted by Gasteiger charge is 2.22. The molecule has 2 aromatic carbocycles. The van der Waals surface area contributed by atoms with Crippen LogP contribution in [-0.4, -0.2) is 61.2 Å². The quantitative estimate of drug-likeness (QED) is 0.554. The van der Waals surface area contributed by atoms with Crippen molar-refractivity contribution >= 4 is 11.7 Å². The molecule has 0 aliphatic carbocycles. The van der Waals surface area contributed by atoms with Crippen LogP contribution in [0.15, 0.2) is 60.8 Å². The van der Waals surface area contributed by atoms with E-state index in [-0.39, 0.29) is 11.9 Å². The van der Waals surface area contributed by atoms with Gasteiger partial charge in [0.2, 0.25) is 0 Å². The second kappa shape index (κ2) is 11.2. The van der Waals surface area contributed by atoms with Crippen LogP contribution in [0.2, 0.25) is 0 Å². The Labute approximate surface area is 214 Å². The number of benzene rings is 2. The summed E-state index contributed by atoms with van der Waals surface area (Å²) in [5.74, 6) is 1.06. The molecule has 2 aliphatic rings. The first kappa shape index (κ1) is 24.5. The van der Waals surface area contributed by atoms with Gasteiger partial charge in [-0.05, 0) is 61.1 Å². The monoisotopic (exact) mass is 484 g/mol. The number of rotatable bonds is 6. The van der Waals surface area contributed by atoms with Gasteiger partial charge in [-0.2, -0.15) is 0 Å². The number of amides is 1. The molecule has 1 aromatic heterocycles. The van der Waals surface area contributed by atoms with E-state index in [1.54, 1.807) is 0 Å². The van der Waals surface area contributed by atoms with Crippen molar-refractivity contribution in [2.45, 2.75) is 39.3 Å². The summed E-state index contributed by atoms with van der Waals surface area (Å²) in [5.41, 5.74) is 6.53. The van der Waals surface area contributed by atoms with Crippen molar-refractivity contribution in [1.82, 2.24) is 15.2 Å². The average Bonchev–Trinajstić information content (AvgIpc) is 2.91. The molecule has 0 saturated carbocycles. The fourth-order valence-electron chi connectivity index (χ4n) is 5.17. The molecule has 0 bridgehead atoms. The van der Waals surface area contributed by atoms with Crippen LogP contribution in [0.4, 0.5) is 5.82 Å². The lowest BCUT2D eigenvalue weighted by atomic mass is 9.95.